The van der Waals surface area contributed by atoms with Gasteiger partial charge in [0.2, 0.25) is 5.91 Å². The molecule has 0 bridgehead atoms. The third-order valence-corrected chi connectivity index (χ3v) is 5.73. The Morgan fingerprint density at radius 2 is 1.74 bits per heavy atom. The van der Waals surface area contributed by atoms with E-state index in [-0.39, 0.29) is 31.0 Å². The molecule has 0 aliphatic carbocycles. The van der Waals surface area contributed by atoms with Gasteiger partial charge >= 0.3 is 0 Å². The molecule has 2 rings (SSSR count). The van der Waals surface area contributed by atoms with Crippen LogP contribution < -0.4 is 10.1 Å². The Morgan fingerprint density at radius 1 is 1.03 bits per heavy atom. The minimum absolute atomic E-state index is 0.0322. The number of hydrogen-bond donors (Lipinski definition) is 1. The van der Waals surface area contributed by atoms with Gasteiger partial charge in [0.05, 0.1) is 10.0 Å². The van der Waals surface area contributed by atoms with Crippen LogP contribution in [0.25, 0.3) is 0 Å². The van der Waals surface area contributed by atoms with Crippen LogP contribution in [0.2, 0.25) is 10.0 Å². The summed E-state index contributed by atoms with van der Waals surface area (Å²) in [5.41, 5.74) is 3.02. The maximum absolute atomic E-state index is 13.2. The quantitative estimate of drug-likeness (QED) is 0.545. The van der Waals surface area contributed by atoms with E-state index in [9.17, 15) is 9.59 Å². The lowest BCUT2D eigenvalue weighted by molar-refractivity contribution is -0.143. The second kappa shape index (κ2) is 11.4. The number of hydrogen-bond acceptors (Lipinski definition) is 3. The smallest absolute Gasteiger partial charge is 0.261 e. The molecule has 2 aromatic carbocycles. The van der Waals surface area contributed by atoms with Gasteiger partial charge < -0.3 is 15.0 Å². The summed E-state index contributed by atoms with van der Waals surface area (Å²) in [6.07, 6.45) is 0.468. The number of carbonyl (C=O) groups excluding carboxylic acids is 2. The summed E-state index contributed by atoms with van der Waals surface area (Å²) < 4.78 is 5.75. The molecule has 0 aliphatic rings. The van der Waals surface area contributed by atoms with Crippen LogP contribution in [0, 0.1) is 13.8 Å². The predicted molar refractivity (Wildman–Crippen MR) is 126 cm³/mol. The first-order chi connectivity index (χ1) is 14.6. The zero-order chi connectivity index (χ0) is 23.1. The molecule has 0 radical (unpaired) electrons. The molecule has 1 unspecified atom stereocenters. The predicted octanol–water partition coefficient (Wildman–Crippen LogP) is 5.32. The lowest BCUT2D eigenvalue weighted by atomic mass is 10.1. The minimum atomic E-state index is -0.632. The van der Waals surface area contributed by atoms with Gasteiger partial charge in [-0.1, -0.05) is 42.3 Å². The van der Waals surface area contributed by atoms with Crippen LogP contribution in [0.3, 0.4) is 0 Å². The average molecular weight is 465 g/mol. The molecule has 2 amide bonds. The van der Waals surface area contributed by atoms with Crippen molar-refractivity contribution in [1.29, 1.82) is 0 Å². The Balaban J connectivity index is 2.25. The van der Waals surface area contributed by atoms with Crippen LogP contribution in [0.5, 0.6) is 5.75 Å². The van der Waals surface area contributed by atoms with E-state index in [1.807, 2.05) is 52.8 Å². The third-order valence-electron chi connectivity index (χ3n) is 4.99. The van der Waals surface area contributed by atoms with Crippen LogP contribution in [0.15, 0.2) is 36.4 Å². The number of carbonyl (C=O) groups is 2. The molecule has 0 heterocycles. The second-order valence-electron chi connectivity index (χ2n) is 7.89. The van der Waals surface area contributed by atoms with Crippen LogP contribution in [0.4, 0.5) is 0 Å². The number of nitrogens with one attached hydrogen (secondary N) is 1. The third kappa shape index (κ3) is 7.15. The summed E-state index contributed by atoms with van der Waals surface area (Å²) in [4.78, 5) is 27.5. The first-order valence-electron chi connectivity index (χ1n) is 10.4. The molecule has 31 heavy (non-hydrogen) atoms. The van der Waals surface area contributed by atoms with E-state index in [0.717, 1.165) is 16.7 Å². The Labute approximate surface area is 194 Å². The molecule has 0 fully saturated rings. The molecule has 1 N–H and O–H groups in total. The van der Waals surface area contributed by atoms with Crippen molar-refractivity contribution in [2.24, 2.45) is 0 Å². The maximum atomic E-state index is 13.2. The van der Waals surface area contributed by atoms with Crippen molar-refractivity contribution in [2.45, 2.75) is 59.7 Å². The van der Waals surface area contributed by atoms with Crippen molar-refractivity contribution in [1.82, 2.24) is 10.2 Å². The molecule has 0 aromatic heterocycles. The second-order valence-corrected chi connectivity index (χ2v) is 8.71. The SMILES string of the molecule is CCC(C(=O)NC(C)C)N(Cc1ccc(Cl)c(Cl)c1)C(=O)COc1ccc(C)c(C)c1. The molecule has 0 saturated carbocycles. The molecular weight excluding hydrogens is 435 g/mol. The number of rotatable bonds is 9. The molecule has 0 saturated heterocycles. The fourth-order valence-corrected chi connectivity index (χ4v) is 3.49. The van der Waals surface area contributed by atoms with Crippen LogP contribution in [-0.2, 0) is 16.1 Å². The number of ether oxygens (including phenoxy) is 1. The highest BCUT2D eigenvalue weighted by atomic mass is 35.5. The van der Waals surface area contributed by atoms with Gasteiger partial charge in [0.15, 0.2) is 6.61 Å². The van der Waals surface area contributed by atoms with Gasteiger partial charge in [-0.2, -0.15) is 0 Å². The number of nitrogens with zero attached hydrogens (tertiary/aromatic N) is 1. The van der Waals surface area contributed by atoms with Crippen molar-refractivity contribution in [3.63, 3.8) is 0 Å². The Morgan fingerprint density at radius 3 is 2.32 bits per heavy atom. The maximum Gasteiger partial charge on any atom is 0.261 e. The van der Waals surface area contributed by atoms with Gasteiger partial charge in [-0.25, -0.2) is 0 Å². The zero-order valence-corrected chi connectivity index (χ0v) is 20.2. The summed E-state index contributed by atoms with van der Waals surface area (Å²) in [6.45, 7) is 9.71. The number of aryl methyl sites for hydroxylation is 2. The lowest BCUT2D eigenvalue weighted by Gasteiger charge is -2.31. The van der Waals surface area contributed by atoms with E-state index in [1.165, 1.54) is 0 Å². The zero-order valence-electron chi connectivity index (χ0n) is 18.7. The van der Waals surface area contributed by atoms with Crippen LogP contribution in [-0.4, -0.2) is 35.4 Å². The summed E-state index contributed by atoms with van der Waals surface area (Å²) >= 11 is 12.2. The average Bonchev–Trinajstić information content (AvgIpc) is 2.70. The fraction of sp³-hybridized carbons (Fsp3) is 0.417. The first-order valence-corrected chi connectivity index (χ1v) is 11.1. The summed E-state index contributed by atoms with van der Waals surface area (Å²) in [7, 11) is 0. The van der Waals surface area contributed by atoms with E-state index in [4.69, 9.17) is 27.9 Å². The molecule has 0 aliphatic heterocycles. The van der Waals surface area contributed by atoms with E-state index >= 15 is 0 Å². The normalized spacial score (nSPS) is 11.9. The molecule has 168 valence electrons. The Kier molecular flexibility index (Phi) is 9.20. The van der Waals surface area contributed by atoms with Crippen molar-refractivity contribution in [3.8, 4) is 5.75 Å². The highest BCUT2D eigenvalue weighted by Gasteiger charge is 2.29. The van der Waals surface area contributed by atoms with E-state index in [1.54, 1.807) is 23.1 Å². The summed E-state index contributed by atoms with van der Waals surface area (Å²) in [6, 6.07) is 10.2. The van der Waals surface area contributed by atoms with E-state index in [2.05, 4.69) is 5.32 Å². The van der Waals surface area contributed by atoms with Crippen molar-refractivity contribution < 1.29 is 14.3 Å². The van der Waals surface area contributed by atoms with Crippen molar-refractivity contribution in [3.05, 3.63) is 63.1 Å². The monoisotopic (exact) mass is 464 g/mol. The van der Waals surface area contributed by atoms with Crippen molar-refractivity contribution in [2.75, 3.05) is 6.61 Å². The van der Waals surface area contributed by atoms with Gasteiger partial charge in [-0.3, -0.25) is 9.59 Å². The van der Waals surface area contributed by atoms with Gasteiger partial charge in [-0.05, 0) is 75.1 Å². The van der Waals surface area contributed by atoms with E-state index in [0.29, 0.717) is 22.2 Å². The fourth-order valence-electron chi connectivity index (χ4n) is 3.17. The van der Waals surface area contributed by atoms with E-state index < -0.39 is 6.04 Å². The first kappa shape index (κ1) is 25.0. The molecule has 2 aromatic rings. The van der Waals surface area contributed by atoms with Crippen LogP contribution in [0.1, 0.15) is 43.9 Å². The number of amides is 2. The van der Waals surface area contributed by atoms with Gasteiger partial charge in [0.1, 0.15) is 11.8 Å². The van der Waals surface area contributed by atoms with Crippen molar-refractivity contribution >= 4 is 35.0 Å². The van der Waals surface area contributed by atoms with Crippen LogP contribution >= 0.6 is 23.2 Å². The molecular formula is C24H30Cl2N2O3. The molecule has 1 atom stereocenters. The molecule has 5 nitrogen and oxygen atoms in total. The molecule has 0 spiro atoms. The van der Waals surface area contributed by atoms with Gasteiger partial charge in [-0.15, -0.1) is 0 Å². The van der Waals surface area contributed by atoms with Gasteiger partial charge in [0, 0.05) is 12.6 Å². The molecule has 7 heteroatoms. The summed E-state index contributed by atoms with van der Waals surface area (Å²) in [5, 5.41) is 3.74. The lowest BCUT2D eigenvalue weighted by Crippen LogP contribution is -2.51. The Bertz CT molecular complexity index is 931. The van der Waals surface area contributed by atoms with Gasteiger partial charge in [0.25, 0.3) is 5.91 Å². The highest BCUT2D eigenvalue weighted by molar-refractivity contribution is 6.42. The summed E-state index contributed by atoms with van der Waals surface area (Å²) in [5.74, 6) is 0.137. The number of halogens is 2. The number of benzene rings is 2. The Hall–Kier alpha value is -2.24. The highest BCUT2D eigenvalue weighted by Crippen LogP contribution is 2.24. The largest absolute Gasteiger partial charge is 0.484 e. The topological polar surface area (TPSA) is 58.6 Å². The minimum Gasteiger partial charge on any atom is -0.484 e. The standard InChI is InChI=1S/C24H30Cl2N2O3/c1-6-22(24(30)27-15(2)3)28(13-18-8-10-20(25)21(26)12-18)23(29)14-31-19-9-7-16(4)17(5)11-19/h7-12,15,22H,6,13-14H2,1-5H3,(H,27,30).